The molecule has 1 rings (SSSR count). The minimum atomic E-state index is 0.541. The Morgan fingerprint density at radius 3 is 2.76 bits per heavy atom. The lowest BCUT2D eigenvalue weighted by molar-refractivity contribution is 0.251. The van der Waals surface area contributed by atoms with E-state index in [-0.39, 0.29) is 0 Å². The SMILES string of the molecule is CCCC(C)COc1ccccc1C(C)=NO. The molecule has 1 atom stereocenters. The lowest BCUT2D eigenvalue weighted by atomic mass is 10.1. The van der Waals surface area contributed by atoms with Crippen LogP contribution in [0, 0.1) is 5.92 Å². The highest BCUT2D eigenvalue weighted by atomic mass is 16.5. The highest BCUT2D eigenvalue weighted by molar-refractivity contribution is 6.00. The summed E-state index contributed by atoms with van der Waals surface area (Å²) in [7, 11) is 0. The molecule has 0 spiro atoms. The van der Waals surface area contributed by atoms with Crippen molar-refractivity contribution in [2.75, 3.05) is 6.61 Å². The van der Waals surface area contributed by atoms with E-state index in [1.165, 1.54) is 6.42 Å². The Morgan fingerprint density at radius 2 is 2.12 bits per heavy atom. The molecule has 0 aliphatic heterocycles. The fourth-order valence-electron chi connectivity index (χ4n) is 1.75. The molecule has 94 valence electrons. The van der Waals surface area contributed by atoms with E-state index in [1.807, 2.05) is 24.3 Å². The predicted octanol–water partition coefficient (Wildman–Crippen LogP) is 3.70. The first-order chi connectivity index (χ1) is 8.19. The smallest absolute Gasteiger partial charge is 0.128 e. The van der Waals surface area contributed by atoms with Crippen molar-refractivity contribution < 1.29 is 9.94 Å². The third kappa shape index (κ3) is 4.10. The quantitative estimate of drug-likeness (QED) is 0.464. The minimum Gasteiger partial charge on any atom is -0.493 e. The van der Waals surface area contributed by atoms with Gasteiger partial charge < -0.3 is 9.94 Å². The molecule has 0 saturated carbocycles. The first kappa shape index (κ1) is 13.6. The predicted molar refractivity (Wildman–Crippen MR) is 70.0 cm³/mol. The van der Waals surface area contributed by atoms with Crippen molar-refractivity contribution in [2.45, 2.75) is 33.6 Å². The van der Waals surface area contributed by atoms with Gasteiger partial charge in [0.05, 0.1) is 12.3 Å². The molecule has 1 unspecified atom stereocenters. The zero-order valence-corrected chi connectivity index (χ0v) is 10.8. The van der Waals surface area contributed by atoms with E-state index in [1.54, 1.807) is 6.92 Å². The van der Waals surface area contributed by atoms with E-state index in [9.17, 15) is 0 Å². The average Bonchev–Trinajstić information content (AvgIpc) is 2.36. The lowest BCUT2D eigenvalue weighted by Gasteiger charge is -2.14. The van der Waals surface area contributed by atoms with Crippen molar-refractivity contribution >= 4 is 5.71 Å². The minimum absolute atomic E-state index is 0.541. The maximum Gasteiger partial charge on any atom is 0.128 e. The Balaban J connectivity index is 2.71. The number of hydrogen-bond donors (Lipinski definition) is 1. The zero-order valence-electron chi connectivity index (χ0n) is 10.8. The van der Waals surface area contributed by atoms with Crippen LogP contribution in [0.4, 0.5) is 0 Å². The Hall–Kier alpha value is -1.51. The summed E-state index contributed by atoms with van der Waals surface area (Å²) in [6.45, 7) is 6.81. The summed E-state index contributed by atoms with van der Waals surface area (Å²) >= 11 is 0. The second kappa shape index (κ2) is 6.94. The molecule has 0 saturated heterocycles. The highest BCUT2D eigenvalue weighted by Crippen LogP contribution is 2.20. The summed E-state index contributed by atoms with van der Waals surface area (Å²) in [4.78, 5) is 0. The Kier molecular flexibility index (Phi) is 5.53. The maximum absolute atomic E-state index is 8.81. The summed E-state index contributed by atoms with van der Waals surface area (Å²) in [6, 6.07) is 7.64. The standard InChI is InChI=1S/C14H21NO2/c1-4-7-11(2)10-17-14-9-6-5-8-13(14)12(3)15-16/h5-6,8-9,11,16H,4,7,10H2,1-3H3. The second-order valence-electron chi connectivity index (χ2n) is 4.39. The van der Waals surface area contributed by atoms with Crippen LogP contribution in [0.5, 0.6) is 5.75 Å². The molecule has 3 heteroatoms. The molecule has 0 bridgehead atoms. The van der Waals surface area contributed by atoms with Crippen LogP contribution in [0.3, 0.4) is 0 Å². The van der Waals surface area contributed by atoms with Crippen molar-refractivity contribution in [3.63, 3.8) is 0 Å². The molecule has 0 aromatic heterocycles. The molecular formula is C14H21NO2. The van der Waals surface area contributed by atoms with Gasteiger partial charge in [-0.2, -0.15) is 0 Å². The Morgan fingerprint density at radius 1 is 1.41 bits per heavy atom. The van der Waals surface area contributed by atoms with Crippen LogP contribution in [0.25, 0.3) is 0 Å². The molecule has 0 amide bonds. The molecular weight excluding hydrogens is 214 g/mol. The van der Waals surface area contributed by atoms with Crippen LogP contribution in [-0.4, -0.2) is 17.5 Å². The third-order valence-corrected chi connectivity index (χ3v) is 2.73. The molecule has 0 radical (unpaired) electrons. The van der Waals surface area contributed by atoms with Gasteiger partial charge in [0.25, 0.3) is 0 Å². The van der Waals surface area contributed by atoms with Crippen molar-refractivity contribution in [1.82, 2.24) is 0 Å². The number of benzene rings is 1. The fourth-order valence-corrected chi connectivity index (χ4v) is 1.75. The highest BCUT2D eigenvalue weighted by Gasteiger charge is 2.08. The number of ether oxygens (including phenoxy) is 1. The first-order valence-corrected chi connectivity index (χ1v) is 6.09. The van der Waals surface area contributed by atoms with Gasteiger partial charge in [-0.15, -0.1) is 0 Å². The summed E-state index contributed by atoms with van der Waals surface area (Å²) in [5.41, 5.74) is 1.42. The molecule has 3 nitrogen and oxygen atoms in total. The lowest BCUT2D eigenvalue weighted by Crippen LogP contribution is -2.10. The molecule has 0 aliphatic carbocycles. The third-order valence-electron chi connectivity index (χ3n) is 2.73. The van der Waals surface area contributed by atoms with Gasteiger partial charge in [-0.3, -0.25) is 0 Å². The van der Waals surface area contributed by atoms with Gasteiger partial charge in [0.1, 0.15) is 5.75 Å². The van der Waals surface area contributed by atoms with Gasteiger partial charge in [-0.1, -0.05) is 37.6 Å². The van der Waals surface area contributed by atoms with Crippen molar-refractivity contribution in [1.29, 1.82) is 0 Å². The fraction of sp³-hybridized carbons (Fsp3) is 0.500. The van der Waals surface area contributed by atoms with Crippen LogP contribution in [0.1, 0.15) is 39.2 Å². The van der Waals surface area contributed by atoms with Crippen LogP contribution < -0.4 is 4.74 Å². The molecule has 1 aromatic carbocycles. The molecule has 1 N–H and O–H groups in total. The van der Waals surface area contributed by atoms with Crippen LogP contribution in [0.15, 0.2) is 29.4 Å². The number of rotatable bonds is 6. The van der Waals surface area contributed by atoms with Gasteiger partial charge in [-0.05, 0) is 31.4 Å². The van der Waals surface area contributed by atoms with E-state index in [0.29, 0.717) is 18.2 Å². The number of nitrogens with zero attached hydrogens (tertiary/aromatic N) is 1. The molecule has 17 heavy (non-hydrogen) atoms. The van der Waals surface area contributed by atoms with Gasteiger partial charge in [-0.25, -0.2) is 0 Å². The first-order valence-electron chi connectivity index (χ1n) is 6.09. The number of hydrogen-bond acceptors (Lipinski definition) is 3. The van der Waals surface area contributed by atoms with Crippen molar-refractivity contribution in [3.05, 3.63) is 29.8 Å². The average molecular weight is 235 g/mol. The summed E-state index contributed by atoms with van der Waals surface area (Å²) in [6.07, 6.45) is 2.33. The monoisotopic (exact) mass is 235 g/mol. The molecule has 0 heterocycles. The van der Waals surface area contributed by atoms with Crippen LogP contribution >= 0.6 is 0 Å². The molecule has 1 aromatic rings. The normalized spacial score (nSPS) is 13.5. The van der Waals surface area contributed by atoms with Gasteiger partial charge in [0.15, 0.2) is 0 Å². The summed E-state index contributed by atoms with van der Waals surface area (Å²) in [5.74, 6) is 1.32. The largest absolute Gasteiger partial charge is 0.493 e. The van der Waals surface area contributed by atoms with Gasteiger partial charge >= 0.3 is 0 Å². The van der Waals surface area contributed by atoms with Crippen molar-refractivity contribution in [2.24, 2.45) is 11.1 Å². The molecule has 0 aliphatic rings. The van der Waals surface area contributed by atoms with Crippen LogP contribution in [-0.2, 0) is 0 Å². The molecule has 0 fully saturated rings. The number of oxime groups is 1. The maximum atomic E-state index is 8.81. The Labute approximate surface area is 103 Å². The van der Waals surface area contributed by atoms with Gasteiger partial charge in [0, 0.05) is 5.56 Å². The summed E-state index contributed by atoms with van der Waals surface area (Å²) in [5, 5.41) is 12.0. The van der Waals surface area contributed by atoms with E-state index in [0.717, 1.165) is 17.7 Å². The Bertz CT molecular complexity index is 374. The van der Waals surface area contributed by atoms with Crippen LogP contribution in [0.2, 0.25) is 0 Å². The van der Waals surface area contributed by atoms with E-state index >= 15 is 0 Å². The van der Waals surface area contributed by atoms with E-state index in [4.69, 9.17) is 9.94 Å². The topological polar surface area (TPSA) is 41.8 Å². The zero-order chi connectivity index (χ0) is 12.7. The van der Waals surface area contributed by atoms with Gasteiger partial charge in [0.2, 0.25) is 0 Å². The van der Waals surface area contributed by atoms with E-state index in [2.05, 4.69) is 19.0 Å². The van der Waals surface area contributed by atoms with Crippen molar-refractivity contribution in [3.8, 4) is 5.75 Å². The van der Waals surface area contributed by atoms with E-state index < -0.39 is 0 Å². The second-order valence-corrected chi connectivity index (χ2v) is 4.39. The summed E-state index contributed by atoms with van der Waals surface area (Å²) < 4.78 is 5.78. The number of para-hydroxylation sites is 1.